The van der Waals surface area contributed by atoms with E-state index >= 15 is 0 Å². The van der Waals surface area contributed by atoms with Crippen molar-refractivity contribution in [2.45, 2.75) is 13.1 Å². The van der Waals surface area contributed by atoms with Crippen LogP contribution in [0, 0.1) is 6.92 Å². The molecule has 3 N–H and O–H groups in total. The van der Waals surface area contributed by atoms with Gasteiger partial charge in [0.1, 0.15) is 5.75 Å². The molecule has 3 rings (SSSR count). The fourth-order valence-corrected chi connectivity index (χ4v) is 2.99. The summed E-state index contributed by atoms with van der Waals surface area (Å²) >= 11 is 0. The zero-order valence-electron chi connectivity index (χ0n) is 18.9. The summed E-state index contributed by atoms with van der Waals surface area (Å²) in [5, 5.41) is 8.38. The Labute approximate surface area is 204 Å². The molecule has 0 fully saturated rings. The number of amides is 3. The molecule has 3 aromatic rings. The van der Waals surface area contributed by atoms with Crippen LogP contribution in [0.2, 0.25) is 0 Å². The van der Waals surface area contributed by atoms with E-state index in [0.29, 0.717) is 11.3 Å². The molecule has 3 aromatic carbocycles. The van der Waals surface area contributed by atoms with Crippen LogP contribution >= 0.6 is 0 Å². The number of ether oxygens (including phenoxy) is 1. The molecule has 0 radical (unpaired) electrons. The maximum absolute atomic E-state index is 13.1. The van der Waals surface area contributed by atoms with Crippen LogP contribution in [-0.4, -0.2) is 30.5 Å². The van der Waals surface area contributed by atoms with Crippen molar-refractivity contribution in [2.24, 2.45) is 5.10 Å². The highest BCUT2D eigenvalue weighted by molar-refractivity contribution is 6.39. The molecule has 0 saturated heterocycles. The minimum atomic E-state index is -4.63. The lowest BCUT2D eigenvalue weighted by atomic mass is 10.1. The number of para-hydroxylation sites is 3. The minimum Gasteiger partial charge on any atom is -0.483 e. The highest BCUT2D eigenvalue weighted by Crippen LogP contribution is 2.34. The number of nitrogens with zero attached hydrogens (tertiary/aromatic N) is 1. The van der Waals surface area contributed by atoms with E-state index in [1.165, 1.54) is 24.4 Å². The Morgan fingerprint density at radius 1 is 0.861 bits per heavy atom. The van der Waals surface area contributed by atoms with Gasteiger partial charge in [-0.05, 0) is 42.8 Å². The zero-order chi connectivity index (χ0) is 26.1. The summed E-state index contributed by atoms with van der Waals surface area (Å²) in [6, 6.07) is 17.8. The number of aryl methyl sites for hydroxylation is 1. The van der Waals surface area contributed by atoms with Gasteiger partial charge in [0.2, 0.25) is 0 Å². The Bertz CT molecular complexity index is 1290. The van der Waals surface area contributed by atoms with Crippen molar-refractivity contribution >= 4 is 35.3 Å². The quantitative estimate of drug-likeness (QED) is 0.259. The minimum absolute atomic E-state index is 0.180. The molecule has 0 heterocycles. The summed E-state index contributed by atoms with van der Waals surface area (Å²) < 4.78 is 44.7. The number of hydrogen-bond donors (Lipinski definition) is 3. The summed E-state index contributed by atoms with van der Waals surface area (Å²) in [5.74, 6) is -2.55. The second-order valence-electron chi connectivity index (χ2n) is 7.39. The zero-order valence-corrected chi connectivity index (χ0v) is 18.9. The van der Waals surface area contributed by atoms with Crippen molar-refractivity contribution in [1.29, 1.82) is 0 Å². The first-order chi connectivity index (χ1) is 17.1. The summed E-state index contributed by atoms with van der Waals surface area (Å²) in [4.78, 5) is 36.3. The van der Waals surface area contributed by atoms with Crippen LogP contribution < -0.4 is 20.8 Å². The molecule has 186 valence electrons. The van der Waals surface area contributed by atoms with E-state index in [4.69, 9.17) is 4.74 Å². The van der Waals surface area contributed by atoms with Crippen LogP contribution in [0.5, 0.6) is 5.75 Å². The van der Waals surface area contributed by atoms with E-state index in [2.05, 4.69) is 21.2 Å². The summed E-state index contributed by atoms with van der Waals surface area (Å²) in [5.41, 5.74) is 2.33. The van der Waals surface area contributed by atoms with Crippen molar-refractivity contribution in [2.75, 3.05) is 17.2 Å². The predicted octanol–water partition coefficient (Wildman–Crippen LogP) is 4.12. The van der Waals surface area contributed by atoms with Gasteiger partial charge in [0.15, 0.2) is 6.61 Å². The number of halogens is 3. The largest absolute Gasteiger partial charge is 0.483 e. The number of carbonyl (C=O) groups is 3. The van der Waals surface area contributed by atoms with Crippen LogP contribution in [0.3, 0.4) is 0 Å². The van der Waals surface area contributed by atoms with E-state index in [1.807, 2.05) is 0 Å². The molecular formula is C25H21F3N4O4. The average molecular weight is 498 g/mol. The molecule has 0 saturated carbocycles. The number of nitrogens with one attached hydrogen (secondary N) is 3. The second-order valence-corrected chi connectivity index (χ2v) is 7.39. The molecule has 0 unspecified atom stereocenters. The monoisotopic (exact) mass is 498 g/mol. The van der Waals surface area contributed by atoms with Gasteiger partial charge in [-0.25, -0.2) is 5.43 Å². The third-order valence-electron chi connectivity index (χ3n) is 4.75. The van der Waals surface area contributed by atoms with E-state index in [-0.39, 0.29) is 11.4 Å². The Balaban J connectivity index is 1.57. The molecule has 36 heavy (non-hydrogen) atoms. The number of benzene rings is 3. The molecule has 0 bridgehead atoms. The number of anilines is 2. The highest BCUT2D eigenvalue weighted by Gasteiger charge is 2.33. The first-order valence-electron chi connectivity index (χ1n) is 10.5. The van der Waals surface area contributed by atoms with E-state index in [1.54, 1.807) is 49.4 Å². The number of rotatable bonds is 7. The lowest BCUT2D eigenvalue weighted by molar-refractivity contribution is -0.137. The van der Waals surface area contributed by atoms with Crippen LogP contribution in [0.25, 0.3) is 0 Å². The Hall–Kier alpha value is -4.67. The van der Waals surface area contributed by atoms with Crippen molar-refractivity contribution in [3.63, 3.8) is 0 Å². The Morgan fingerprint density at radius 2 is 1.50 bits per heavy atom. The highest BCUT2D eigenvalue weighted by atomic mass is 19.4. The maximum atomic E-state index is 13.1. The standard InChI is InChI=1S/C25H21F3N4O4/c1-16-8-2-5-11-19(16)31-23(34)24(35)32-29-14-17-9-3-7-13-21(17)36-15-22(33)30-20-12-6-4-10-18(20)25(26,27)28/h2-14H,15H2,1H3,(H,30,33)(H,31,34)(H,32,35)/b29-14-. The van der Waals surface area contributed by atoms with Gasteiger partial charge in [-0.3, -0.25) is 14.4 Å². The molecular weight excluding hydrogens is 477 g/mol. The average Bonchev–Trinajstić information content (AvgIpc) is 2.84. The topological polar surface area (TPSA) is 109 Å². The fourth-order valence-electron chi connectivity index (χ4n) is 2.99. The normalized spacial score (nSPS) is 11.1. The van der Waals surface area contributed by atoms with Gasteiger partial charge >= 0.3 is 18.0 Å². The van der Waals surface area contributed by atoms with Crippen LogP contribution in [0.1, 0.15) is 16.7 Å². The third kappa shape index (κ3) is 7.16. The fraction of sp³-hybridized carbons (Fsp3) is 0.120. The third-order valence-corrected chi connectivity index (χ3v) is 4.75. The van der Waals surface area contributed by atoms with Crippen LogP contribution in [0.4, 0.5) is 24.5 Å². The van der Waals surface area contributed by atoms with Gasteiger partial charge in [0.25, 0.3) is 5.91 Å². The molecule has 0 aromatic heterocycles. The maximum Gasteiger partial charge on any atom is 0.418 e. The summed E-state index contributed by atoms with van der Waals surface area (Å²) in [6.45, 7) is 1.19. The first kappa shape index (κ1) is 25.9. The number of hydrazone groups is 1. The van der Waals surface area contributed by atoms with Gasteiger partial charge in [-0.2, -0.15) is 18.3 Å². The van der Waals surface area contributed by atoms with E-state index < -0.39 is 36.1 Å². The van der Waals surface area contributed by atoms with Crippen molar-refractivity contribution in [1.82, 2.24) is 5.43 Å². The molecule has 0 aliphatic rings. The second kappa shape index (κ2) is 11.6. The van der Waals surface area contributed by atoms with Crippen LogP contribution in [-0.2, 0) is 20.6 Å². The first-order valence-corrected chi connectivity index (χ1v) is 10.5. The lowest BCUT2D eigenvalue weighted by Gasteiger charge is -2.14. The molecule has 3 amide bonds. The SMILES string of the molecule is Cc1ccccc1NC(=O)C(=O)N/N=C\c1ccccc1OCC(=O)Nc1ccccc1C(F)(F)F. The van der Waals surface area contributed by atoms with Crippen molar-refractivity contribution < 1.29 is 32.3 Å². The lowest BCUT2D eigenvalue weighted by Crippen LogP contribution is -2.32. The van der Waals surface area contributed by atoms with E-state index in [0.717, 1.165) is 17.7 Å². The van der Waals surface area contributed by atoms with Crippen molar-refractivity contribution in [3.8, 4) is 5.75 Å². The van der Waals surface area contributed by atoms with Gasteiger partial charge in [-0.1, -0.05) is 42.5 Å². The molecule has 0 aliphatic heterocycles. The van der Waals surface area contributed by atoms with Gasteiger partial charge in [0.05, 0.1) is 17.5 Å². The predicted molar refractivity (Wildman–Crippen MR) is 128 cm³/mol. The summed E-state index contributed by atoms with van der Waals surface area (Å²) in [6.07, 6.45) is -3.43. The smallest absolute Gasteiger partial charge is 0.418 e. The molecule has 0 atom stereocenters. The molecule has 8 nitrogen and oxygen atoms in total. The van der Waals surface area contributed by atoms with Crippen LogP contribution in [0.15, 0.2) is 77.9 Å². The van der Waals surface area contributed by atoms with Gasteiger partial charge < -0.3 is 15.4 Å². The molecule has 0 aliphatic carbocycles. The van der Waals surface area contributed by atoms with E-state index in [9.17, 15) is 27.6 Å². The Morgan fingerprint density at radius 3 is 2.22 bits per heavy atom. The molecule has 11 heteroatoms. The number of carbonyl (C=O) groups excluding carboxylic acids is 3. The van der Waals surface area contributed by atoms with Gasteiger partial charge in [0, 0.05) is 11.3 Å². The number of hydrogen-bond acceptors (Lipinski definition) is 5. The van der Waals surface area contributed by atoms with Gasteiger partial charge in [-0.15, -0.1) is 0 Å². The number of alkyl halides is 3. The molecule has 0 spiro atoms. The van der Waals surface area contributed by atoms with Crippen molar-refractivity contribution in [3.05, 3.63) is 89.5 Å². The summed E-state index contributed by atoms with van der Waals surface area (Å²) in [7, 11) is 0. The Kier molecular flexibility index (Phi) is 8.39.